The van der Waals surface area contributed by atoms with Crippen molar-refractivity contribution in [2.24, 2.45) is 0 Å². The number of amides is 1. The lowest BCUT2D eigenvalue weighted by Gasteiger charge is -2.25. The van der Waals surface area contributed by atoms with Gasteiger partial charge in [0.15, 0.2) is 6.04 Å². The highest BCUT2D eigenvalue weighted by molar-refractivity contribution is 9.10. The number of ether oxygens (including phenoxy) is 2. The molecule has 1 amide bonds. The van der Waals surface area contributed by atoms with Crippen LogP contribution in [-0.4, -0.2) is 27.7 Å². The SMILES string of the molecule is CCCOC(=O)C(c1ccccc1)N1C(=O)/C(=C\c2cc(Br)ccc2OCc2ccccc2Cl)SC1=S. The van der Waals surface area contributed by atoms with E-state index >= 15 is 0 Å². The van der Waals surface area contributed by atoms with Crippen LogP contribution in [0.5, 0.6) is 5.75 Å². The fraction of sp³-hybridized carbons (Fsp3) is 0.179. The minimum absolute atomic E-state index is 0.261. The standard InChI is InChI=1S/C28H23BrClNO4S2/c1-2-14-34-27(33)25(18-8-4-3-5-9-18)31-26(32)24(37-28(31)36)16-20-15-21(29)12-13-23(20)35-17-19-10-6-7-11-22(19)30/h3-13,15-16,25H,2,14,17H2,1H3/b24-16+. The molecular formula is C28H23BrClNO4S2. The molecule has 4 rings (SSSR count). The van der Waals surface area contributed by atoms with Crippen LogP contribution in [0.4, 0.5) is 0 Å². The van der Waals surface area contributed by atoms with Crippen LogP contribution in [0.2, 0.25) is 5.02 Å². The molecule has 1 heterocycles. The fourth-order valence-electron chi connectivity index (χ4n) is 3.69. The Bertz CT molecular complexity index is 1350. The van der Waals surface area contributed by atoms with Crippen LogP contribution in [0, 0.1) is 0 Å². The van der Waals surface area contributed by atoms with E-state index in [0.29, 0.717) is 33.2 Å². The predicted molar refractivity (Wildman–Crippen MR) is 155 cm³/mol. The molecule has 3 aromatic carbocycles. The summed E-state index contributed by atoms with van der Waals surface area (Å²) in [6.45, 7) is 2.44. The van der Waals surface area contributed by atoms with Crippen LogP contribution in [0.3, 0.4) is 0 Å². The summed E-state index contributed by atoms with van der Waals surface area (Å²) in [5.74, 6) is -0.304. The Hall–Kier alpha value is -2.65. The molecule has 1 unspecified atom stereocenters. The Morgan fingerprint density at radius 3 is 2.59 bits per heavy atom. The number of esters is 1. The number of nitrogens with zero attached hydrogens (tertiary/aromatic N) is 1. The molecule has 9 heteroatoms. The summed E-state index contributed by atoms with van der Waals surface area (Å²) >= 11 is 16.5. The molecule has 0 bridgehead atoms. The highest BCUT2D eigenvalue weighted by Gasteiger charge is 2.42. The van der Waals surface area contributed by atoms with Crippen molar-refractivity contribution in [3.05, 3.63) is 104 Å². The van der Waals surface area contributed by atoms with Crippen LogP contribution in [0.15, 0.2) is 82.2 Å². The van der Waals surface area contributed by atoms with E-state index in [-0.39, 0.29) is 23.4 Å². The van der Waals surface area contributed by atoms with Gasteiger partial charge in [-0.3, -0.25) is 9.69 Å². The minimum atomic E-state index is -0.968. The van der Waals surface area contributed by atoms with Crippen LogP contribution < -0.4 is 4.74 Å². The first-order chi connectivity index (χ1) is 17.9. The summed E-state index contributed by atoms with van der Waals surface area (Å²) in [5, 5.41) is 0.615. The van der Waals surface area contributed by atoms with Crippen molar-refractivity contribution in [2.45, 2.75) is 26.0 Å². The second-order valence-corrected chi connectivity index (χ2v) is 11.1. The highest BCUT2D eigenvalue weighted by Crippen LogP contribution is 2.40. The number of thioether (sulfide) groups is 1. The number of rotatable bonds is 9. The maximum atomic E-state index is 13.6. The molecular weight excluding hydrogens is 594 g/mol. The quantitative estimate of drug-likeness (QED) is 0.140. The maximum absolute atomic E-state index is 13.6. The van der Waals surface area contributed by atoms with E-state index in [1.54, 1.807) is 18.2 Å². The topological polar surface area (TPSA) is 55.8 Å². The van der Waals surface area contributed by atoms with E-state index in [2.05, 4.69) is 15.9 Å². The van der Waals surface area contributed by atoms with E-state index in [0.717, 1.165) is 21.8 Å². The van der Waals surface area contributed by atoms with Gasteiger partial charge < -0.3 is 9.47 Å². The number of carbonyl (C=O) groups is 2. The van der Waals surface area contributed by atoms with Crippen molar-refractivity contribution in [1.82, 2.24) is 4.90 Å². The van der Waals surface area contributed by atoms with Gasteiger partial charge in [0.05, 0.1) is 11.5 Å². The summed E-state index contributed by atoms with van der Waals surface area (Å²) in [5.41, 5.74) is 2.17. The third kappa shape index (κ3) is 6.62. The molecule has 1 atom stereocenters. The molecule has 0 spiro atoms. The Balaban J connectivity index is 1.64. The highest BCUT2D eigenvalue weighted by atomic mass is 79.9. The molecule has 3 aromatic rings. The largest absolute Gasteiger partial charge is 0.488 e. The number of carbonyl (C=O) groups excluding carboxylic acids is 2. The average Bonchev–Trinajstić information content (AvgIpc) is 3.16. The summed E-state index contributed by atoms with van der Waals surface area (Å²) in [4.78, 5) is 28.4. The van der Waals surface area contributed by atoms with Crippen LogP contribution in [0.25, 0.3) is 6.08 Å². The van der Waals surface area contributed by atoms with E-state index in [1.165, 1.54) is 4.90 Å². The van der Waals surface area contributed by atoms with Gasteiger partial charge in [-0.1, -0.05) is 107 Å². The molecule has 1 saturated heterocycles. The Morgan fingerprint density at radius 2 is 1.86 bits per heavy atom. The fourth-order valence-corrected chi connectivity index (χ4v) is 5.56. The van der Waals surface area contributed by atoms with Crippen LogP contribution >= 0.6 is 51.5 Å². The first kappa shape index (κ1) is 27.4. The van der Waals surface area contributed by atoms with Gasteiger partial charge in [0.2, 0.25) is 0 Å². The lowest BCUT2D eigenvalue weighted by atomic mass is 10.1. The molecule has 37 heavy (non-hydrogen) atoms. The normalized spacial score (nSPS) is 15.2. The van der Waals surface area contributed by atoms with Gasteiger partial charge in [0, 0.05) is 20.6 Å². The smallest absolute Gasteiger partial charge is 0.333 e. The second-order valence-electron chi connectivity index (χ2n) is 8.09. The zero-order chi connectivity index (χ0) is 26.4. The molecule has 0 aromatic heterocycles. The third-order valence-electron chi connectivity index (χ3n) is 5.47. The van der Waals surface area contributed by atoms with Crippen molar-refractivity contribution in [1.29, 1.82) is 0 Å². The Morgan fingerprint density at radius 1 is 1.14 bits per heavy atom. The summed E-state index contributed by atoms with van der Waals surface area (Å²) in [7, 11) is 0. The number of hydrogen-bond acceptors (Lipinski definition) is 6. The van der Waals surface area contributed by atoms with Crippen molar-refractivity contribution < 1.29 is 19.1 Å². The third-order valence-corrected chi connectivity index (χ3v) is 7.66. The number of thiocarbonyl (C=S) groups is 1. The van der Waals surface area contributed by atoms with E-state index in [9.17, 15) is 9.59 Å². The summed E-state index contributed by atoms with van der Waals surface area (Å²) in [6, 6.07) is 21.1. The minimum Gasteiger partial charge on any atom is -0.488 e. The maximum Gasteiger partial charge on any atom is 0.333 e. The number of hydrogen-bond donors (Lipinski definition) is 0. The molecule has 0 saturated carbocycles. The van der Waals surface area contributed by atoms with E-state index in [1.807, 2.05) is 67.6 Å². The Kier molecular flexibility index (Phi) is 9.43. The van der Waals surface area contributed by atoms with Gasteiger partial charge in [0.25, 0.3) is 5.91 Å². The lowest BCUT2D eigenvalue weighted by Crippen LogP contribution is -2.38. The summed E-state index contributed by atoms with van der Waals surface area (Å²) in [6.07, 6.45) is 2.40. The monoisotopic (exact) mass is 615 g/mol. The molecule has 1 aliphatic heterocycles. The molecule has 5 nitrogen and oxygen atoms in total. The van der Waals surface area contributed by atoms with Crippen molar-refractivity contribution in [3.63, 3.8) is 0 Å². The van der Waals surface area contributed by atoms with Gasteiger partial charge >= 0.3 is 5.97 Å². The molecule has 0 aliphatic carbocycles. The molecule has 190 valence electrons. The van der Waals surface area contributed by atoms with Crippen LogP contribution in [0.1, 0.15) is 36.1 Å². The average molecular weight is 617 g/mol. The molecule has 0 N–H and O–H groups in total. The van der Waals surface area contributed by atoms with Crippen molar-refractivity contribution in [2.75, 3.05) is 6.61 Å². The van der Waals surface area contributed by atoms with E-state index in [4.69, 9.17) is 33.3 Å². The molecule has 1 fully saturated rings. The van der Waals surface area contributed by atoms with Gasteiger partial charge in [-0.05, 0) is 42.3 Å². The molecule has 1 aliphatic rings. The predicted octanol–water partition coefficient (Wildman–Crippen LogP) is 7.58. The Labute approximate surface area is 238 Å². The second kappa shape index (κ2) is 12.7. The van der Waals surface area contributed by atoms with Gasteiger partial charge in [0.1, 0.15) is 16.7 Å². The van der Waals surface area contributed by atoms with Gasteiger partial charge in [-0.25, -0.2) is 4.79 Å². The van der Waals surface area contributed by atoms with Crippen molar-refractivity contribution >= 4 is 73.8 Å². The zero-order valence-corrected chi connectivity index (χ0v) is 23.8. The van der Waals surface area contributed by atoms with Crippen LogP contribution in [-0.2, 0) is 20.9 Å². The molecule has 0 radical (unpaired) electrons. The van der Waals surface area contributed by atoms with E-state index < -0.39 is 12.0 Å². The first-order valence-corrected chi connectivity index (χ1v) is 13.9. The summed E-state index contributed by atoms with van der Waals surface area (Å²) < 4.78 is 12.6. The number of benzene rings is 3. The van der Waals surface area contributed by atoms with Crippen molar-refractivity contribution in [3.8, 4) is 5.75 Å². The number of halogens is 2. The first-order valence-electron chi connectivity index (χ1n) is 11.5. The van der Waals surface area contributed by atoms with Gasteiger partial charge in [-0.15, -0.1) is 0 Å². The zero-order valence-electron chi connectivity index (χ0n) is 19.9. The lowest BCUT2D eigenvalue weighted by molar-refractivity contribution is -0.151. The van der Waals surface area contributed by atoms with Gasteiger partial charge in [-0.2, -0.15) is 0 Å².